The molecule has 2 rings (SSSR count). The first kappa shape index (κ1) is 14.7. The second-order valence-corrected chi connectivity index (χ2v) is 6.42. The Morgan fingerprint density at radius 2 is 2.15 bits per heavy atom. The number of hydrogen-bond acceptors (Lipinski definition) is 4. The Morgan fingerprint density at radius 3 is 2.75 bits per heavy atom. The van der Waals surface area contributed by atoms with Gasteiger partial charge >= 0.3 is 0 Å². The van der Waals surface area contributed by atoms with Crippen LogP contribution in [-0.4, -0.2) is 18.6 Å². The number of nitrogens with one attached hydrogen (secondary N) is 1. The lowest BCUT2D eigenvalue weighted by atomic mass is 10.0. The number of ether oxygens (including phenoxy) is 1. The molecule has 0 unspecified atom stereocenters. The van der Waals surface area contributed by atoms with Crippen molar-refractivity contribution >= 4 is 33.0 Å². The Morgan fingerprint density at radius 1 is 1.45 bits per heavy atom. The van der Waals surface area contributed by atoms with Crippen LogP contribution >= 0.6 is 11.3 Å². The maximum absolute atomic E-state index is 12.4. The molecule has 0 aliphatic rings. The number of fused-ring (bicyclic) bond motifs is 1. The van der Waals surface area contributed by atoms with Gasteiger partial charge in [0.05, 0.1) is 18.2 Å². The first-order chi connectivity index (χ1) is 9.39. The average molecular weight is 292 g/mol. The van der Waals surface area contributed by atoms with Crippen LogP contribution in [0.3, 0.4) is 0 Å². The SMILES string of the molecule is CCC(C)(C)NC(=O)c1sc2cccc(OC)c2c1N. The lowest BCUT2D eigenvalue weighted by molar-refractivity contribution is 0.0916. The highest BCUT2D eigenvalue weighted by molar-refractivity contribution is 7.21. The van der Waals surface area contributed by atoms with Crippen molar-refractivity contribution in [1.29, 1.82) is 0 Å². The van der Waals surface area contributed by atoms with Gasteiger partial charge in [0.25, 0.3) is 5.91 Å². The molecular formula is C15H20N2O2S. The minimum atomic E-state index is -0.246. The first-order valence-corrected chi connectivity index (χ1v) is 7.38. The Labute approximate surface area is 122 Å². The number of benzene rings is 1. The summed E-state index contributed by atoms with van der Waals surface area (Å²) in [5.74, 6) is 0.572. The van der Waals surface area contributed by atoms with E-state index in [4.69, 9.17) is 10.5 Å². The lowest BCUT2D eigenvalue weighted by Crippen LogP contribution is -2.42. The summed E-state index contributed by atoms with van der Waals surface area (Å²) in [6.07, 6.45) is 0.854. The summed E-state index contributed by atoms with van der Waals surface area (Å²) in [6, 6.07) is 5.69. The van der Waals surface area contributed by atoms with Crippen LogP contribution in [-0.2, 0) is 0 Å². The molecule has 1 aromatic heterocycles. The predicted molar refractivity (Wildman–Crippen MR) is 84.6 cm³/mol. The molecule has 3 N–H and O–H groups in total. The minimum absolute atomic E-state index is 0.127. The number of amides is 1. The molecule has 0 radical (unpaired) electrons. The van der Waals surface area contributed by atoms with E-state index in [1.54, 1.807) is 7.11 Å². The van der Waals surface area contributed by atoms with Crippen LogP contribution in [0.15, 0.2) is 18.2 Å². The van der Waals surface area contributed by atoms with Crippen molar-refractivity contribution in [2.75, 3.05) is 12.8 Å². The van der Waals surface area contributed by atoms with E-state index < -0.39 is 0 Å². The van der Waals surface area contributed by atoms with Crippen molar-refractivity contribution < 1.29 is 9.53 Å². The number of anilines is 1. The van der Waals surface area contributed by atoms with Crippen LogP contribution in [0.2, 0.25) is 0 Å². The summed E-state index contributed by atoms with van der Waals surface area (Å²) >= 11 is 1.40. The molecule has 1 heterocycles. The number of carbonyl (C=O) groups is 1. The van der Waals surface area contributed by atoms with Crippen molar-refractivity contribution in [1.82, 2.24) is 5.32 Å². The summed E-state index contributed by atoms with van der Waals surface area (Å²) in [5.41, 5.74) is 6.39. The zero-order valence-corrected chi connectivity index (χ0v) is 13.1. The molecule has 0 atom stereocenters. The largest absolute Gasteiger partial charge is 0.496 e. The van der Waals surface area contributed by atoms with Crippen molar-refractivity contribution in [2.24, 2.45) is 0 Å². The molecule has 4 nitrogen and oxygen atoms in total. The zero-order chi connectivity index (χ0) is 14.9. The fourth-order valence-corrected chi connectivity index (χ4v) is 2.97. The molecule has 0 spiro atoms. The number of hydrogen-bond donors (Lipinski definition) is 2. The van der Waals surface area contributed by atoms with Crippen LogP contribution in [0, 0.1) is 0 Å². The van der Waals surface area contributed by atoms with Crippen LogP contribution in [0.1, 0.15) is 36.9 Å². The number of rotatable bonds is 4. The van der Waals surface area contributed by atoms with Gasteiger partial charge in [-0.15, -0.1) is 11.3 Å². The Balaban J connectivity index is 2.46. The Kier molecular flexibility index (Phi) is 3.90. The highest BCUT2D eigenvalue weighted by Gasteiger charge is 2.23. The van der Waals surface area contributed by atoms with E-state index in [0.717, 1.165) is 16.5 Å². The molecule has 0 saturated carbocycles. The third kappa shape index (κ3) is 2.58. The maximum atomic E-state index is 12.4. The molecule has 1 amide bonds. The van der Waals surface area contributed by atoms with Crippen molar-refractivity contribution in [3.63, 3.8) is 0 Å². The average Bonchev–Trinajstić information content (AvgIpc) is 2.76. The molecule has 0 fully saturated rings. The third-order valence-corrected chi connectivity index (χ3v) is 4.65. The van der Waals surface area contributed by atoms with Gasteiger partial charge in [0.15, 0.2) is 0 Å². The van der Waals surface area contributed by atoms with E-state index in [0.29, 0.717) is 16.3 Å². The van der Waals surface area contributed by atoms with Gasteiger partial charge in [-0.05, 0) is 32.4 Å². The molecule has 0 bridgehead atoms. The van der Waals surface area contributed by atoms with Crippen molar-refractivity contribution in [3.8, 4) is 5.75 Å². The minimum Gasteiger partial charge on any atom is -0.496 e. The first-order valence-electron chi connectivity index (χ1n) is 6.57. The fraction of sp³-hybridized carbons (Fsp3) is 0.400. The van der Waals surface area contributed by atoms with Crippen LogP contribution < -0.4 is 15.8 Å². The van der Waals surface area contributed by atoms with Gasteiger partial charge in [-0.2, -0.15) is 0 Å². The highest BCUT2D eigenvalue weighted by Crippen LogP contribution is 2.39. The van der Waals surface area contributed by atoms with Crippen LogP contribution in [0.25, 0.3) is 10.1 Å². The molecule has 1 aromatic carbocycles. The smallest absolute Gasteiger partial charge is 0.263 e. The van der Waals surface area contributed by atoms with E-state index in [1.807, 2.05) is 39.0 Å². The summed E-state index contributed by atoms with van der Waals surface area (Å²) in [6.45, 7) is 6.03. The van der Waals surface area contributed by atoms with E-state index >= 15 is 0 Å². The van der Waals surface area contributed by atoms with Gasteiger partial charge in [-0.1, -0.05) is 13.0 Å². The number of carbonyl (C=O) groups excluding carboxylic acids is 1. The summed E-state index contributed by atoms with van der Waals surface area (Å²) in [4.78, 5) is 12.9. The molecule has 2 aromatic rings. The Bertz CT molecular complexity index is 647. The van der Waals surface area contributed by atoms with Gasteiger partial charge in [0.2, 0.25) is 0 Å². The van der Waals surface area contributed by atoms with Crippen LogP contribution in [0.4, 0.5) is 5.69 Å². The van der Waals surface area contributed by atoms with Crippen molar-refractivity contribution in [2.45, 2.75) is 32.7 Å². The van der Waals surface area contributed by atoms with Crippen LogP contribution in [0.5, 0.6) is 5.75 Å². The number of nitrogen functional groups attached to an aromatic ring is 1. The monoisotopic (exact) mass is 292 g/mol. The standard InChI is InChI=1S/C15H20N2O2S/c1-5-15(2,3)17-14(18)13-12(16)11-9(19-4)7-6-8-10(11)20-13/h6-8H,5,16H2,1-4H3,(H,17,18). The molecule has 20 heavy (non-hydrogen) atoms. The second kappa shape index (κ2) is 5.32. The van der Waals surface area contributed by atoms with E-state index in [9.17, 15) is 4.79 Å². The molecule has 0 aliphatic carbocycles. The maximum Gasteiger partial charge on any atom is 0.263 e. The quantitative estimate of drug-likeness (QED) is 0.907. The normalized spacial score (nSPS) is 11.6. The molecule has 5 heteroatoms. The molecule has 0 saturated heterocycles. The second-order valence-electron chi connectivity index (χ2n) is 5.37. The highest BCUT2D eigenvalue weighted by atomic mass is 32.1. The van der Waals surface area contributed by atoms with E-state index in [2.05, 4.69) is 5.32 Å². The molecular weight excluding hydrogens is 272 g/mol. The van der Waals surface area contributed by atoms with Gasteiger partial charge < -0.3 is 15.8 Å². The third-order valence-electron chi connectivity index (χ3n) is 3.48. The fourth-order valence-electron chi connectivity index (χ4n) is 1.93. The van der Waals surface area contributed by atoms with Gasteiger partial charge in [-0.3, -0.25) is 4.79 Å². The molecule has 0 aliphatic heterocycles. The van der Waals surface area contributed by atoms with E-state index in [1.165, 1.54) is 11.3 Å². The summed E-state index contributed by atoms with van der Waals surface area (Å²) < 4.78 is 6.28. The lowest BCUT2D eigenvalue weighted by Gasteiger charge is -2.24. The number of thiophene rings is 1. The summed E-state index contributed by atoms with van der Waals surface area (Å²) in [7, 11) is 1.60. The predicted octanol–water partition coefficient (Wildman–Crippen LogP) is 3.41. The topological polar surface area (TPSA) is 64.3 Å². The van der Waals surface area contributed by atoms with Crippen molar-refractivity contribution in [3.05, 3.63) is 23.1 Å². The Hall–Kier alpha value is -1.75. The van der Waals surface area contributed by atoms with Gasteiger partial charge in [-0.25, -0.2) is 0 Å². The molecule has 108 valence electrons. The number of methoxy groups -OCH3 is 1. The van der Waals surface area contributed by atoms with Gasteiger partial charge in [0, 0.05) is 10.2 Å². The summed E-state index contributed by atoms with van der Waals surface area (Å²) in [5, 5.41) is 3.83. The number of nitrogens with two attached hydrogens (primary N) is 1. The van der Waals surface area contributed by atoms with E-state index in [-0.39, 0.29) is 11.4 Å². The zero-order valence-electron chi connectivity index (χ0n) is 12.2. The van der Waals surface area contributed by atoms with Gasteiger partial charge in [0.1, 0.15) is 10.6 Å².